The van der Waals surface area contributed by atoms with E-state index in [1.165, 1.54) is 31.3 Å². The summed E-state index contributed by atoms with van der Waals surface area (Å²) < 4.78 is 0. The molecule has 0 amide bonds. The fraction of sp³-hybridized carbons (Fsp3) is 0.857. The van der Waals surface area contributed by atoms with Crippen molar-refractivity contribution in [3.63, 3.8) is 0 Å². The lowest BCUT2D eigenvalue weighted by molar-refractivity contribution is -0.0950. The molecule has 0 aromatic carbocycles. The fourth-order valence-corrected chi connectivity index (χ4v) is 8.24. The first-order valence-corrected chi connectivity index (χ1v) is 12.8. The highest BCUT2D eigenvalue weighted by Gasteiger charge is 2.60. The van der Waals surface area contributed by atoms with E-state index in [1.54, 1.807) is 0 Å². The van der Waals surface area contributed by atoms with Crippen LogP contribution in [0.15, 0.2) is 23.8 Å². The number of hydrogen-bond acceptors (Lipinski definition) is 2. The molecule has 2 N–H and O–H groups in total. The fourth-order valence-electron chi connectivity index (χ4n) is 8.24. The van der Waals surface area contributed by atoms with Crippen LogP contribution in [-0.4, -0.2) is 22.4 Å². The van der Waals surface area contributed by atoms with Gasteiger partial charge in [-0.25, -0.2) is 0 Å². The predicted molar refractivity (Wildman–Crippen MR) is 125 cm³/mol. The molecular formula is C28H46O2. The van der Waals surface area contributed by atoms with Crippen molar-refractivity contribution in [3.8, 4) is 0 Å². The van der Waals surface area contributed by atoms with Gasteiger partial charge in [-0.1, -0.05) is 65.3 Å². The smallest absolute Gasteiger partial charge is 0.0757 e. The van der Waals surface area contributed by atoms with Crippen LogP contribution in [0.3, 0.4) is 0 Å². The van der Waals surface area contributed by atoms with Crippen LogP contribution in [0.25, 0.3) is 0 Å². The van der Waals surface area contributed by atoms with Crippen molar-refractivity contribution in [2.45, 2.75) is 98.7 Å². The average molecular weight is 415 g/mol. The Morgan fingerprint density at radius 3 is 2.37 bits per heavy atom. The number of aliphatic hydroxyl groups excluding tert-OH is 2. The maximum absolute atomic E-state index is 11.3. The normalized spacial score (nSPS) is 48.1. The third kappa shape index (κ3) is 3.54. The van der Waals surface area contributed by atoms with E-state index in [0.717, 1.165) is 25.2 Å². The van der Waals surface area contributed by atoms with Crippen molar-refractivity contribution >= 4 is 0 Å². The summed E-state index contributed by atoms with van der Waals surface area (Å²) >= 11 is 0. The molecule has 4 aliphatic carbocycles. The zero-order valence-corrected chi connectivity index (χ0v) is 20.3. The Bertz CT molecular complexity index is 693. The minimum atomic E-state index is -0.321. The quantitative estimate of drug-likeness (QED) is 0.524. The first kappa shape index (κ1) is 22.6. The van der Waals surface area contributed by atoms with E-state index < -0.39 is 0 Å². The number of rotatable bonds is 4. The van der Waals surface area contributed by atoms with Crippen molar-refractivity contribution in [2.75, 3.05) is 0 Å². The lowest BCUT2D eigenvalue weighted by atomic mass is 9.46. The Balaban J connectivity index is 1.57. The maximum Gasteiger partial charge on any atom is 0.0757 e. The second-order valence-electron chi connectivity index (χ2n) is 12.4. The van der Waals surface area contributed by atoms with E-state index in [9.17, 15) is 10.2 Å². The van der Waals surface area contributed by atoms with Gasteiger partial charge in [0.2, 0.25) is 0 Å². The third-order valence-electron chi connectivity index (χ3n) is 10.6. The molecule has 0 aliphatic heterocycles. The first-order chi connectivity index (χ1) is 14.1. The van der Waals surface area contributed by atoms with E-state index >= 15 is 0 Å². The molecule has 0 aromatic rings. The molecule has 3 unspecified atom stereocenters. The lowest BCUT2D eigenvalue weighted by Gasteiger charge is -2.59. The topological polar surface area (TPSA) is 40.5 Å². The highest BCUT2D eigenvalue weighted by atomic mass is 16.3. The Kier molecular flexibility index (Phi) is 6.08. The van der Waals surface area contributed by atoms with Gasteiger partial charge in [-0.05, 0) is 97.2 Å². The van der Waals surface area contributed by atoms with E-state index in [-0.39, 0.29) is 17.6 Å². The zero-order chi connectivity index (χ0) is 21.8. The minimum absolute atomic E-state index is 0.195. The molecule has 2 nitrogen and oxygen atoms in total. The molecule has 0 aromatic heterocycles. The number of fused-ring (bicyclic) bond motifs is 5. The van der Waals surface area contributed by atoms with Crippen molar-refractivity contribution in [1.82, 2.24) is 0 Å². The van der Waals surface area contributed by atoms with Crippen LogP contribution in [0, 0.1) is 52.3 Å². The van der Waals surface area contributed by atoms with Crippen LogP contribution in [0.5, 0.6) is 0 Å². The molecule has 0 bridgehead atoms. The summed E-state index contributed by atoms with van der Waals surface area (Å²) in [6, 6.07) is 0. The lowest BCUT2D eigenvalue weighted by Crippen LogP contribution is -2.54. The summed E-state index contributed by atoms with van der Waals surface area (Å²) in [5.74, 6) is 4.31. The highest BCUT2D eigenvalue weighted by molar-refractivity contribution is 5.28. The summed E-state index contributed by atoms with van der Waals surface area (Å²) in [6.45, 7) is 14.4. The monoisotopic (exact) mass is 414 g/mol. The summed E-state index contributed by atoms with van der Waals surface area (Å²) in [7, 11) is 0. The molecule has 3 fully saturated rings. The molecule has 0 heterocycles. The SMILES string of the molecule is CC(C)[C@H](C)/C=C/[C@@H](C)[C@H]1CCC2C3C(CC[C@@]21C)[C@@]1(C)CC[C@H](O)CC1=C[C@H]3O. The van der Waals surface area contributed by atoms with Gasteiger partial charge in [0.1, 0.15) is 0 Å². The Labute approximate surface area is 185 Å². The van der Waals surface area contributed by atoms with Gasteiger partial charge in [-0.15, -0.1) is 0 Å². The molecule has 0 radical (unpaired) electrons. The molecule has 2 heteroatoms. The molecule has 4 aliphatic rings. The van der Waals surface area contributed by atoms with Crippen LogP contribution in [0.1, 0.15) is 86.5 Å². The van der Waals surface area contributed by atoms with E-state index in [1.807, 2.05) is 0 Å². The minimum Gasteiger partial charge on any atom is -0.393 e. The Morgan fingerprint density at radius 1 is 0.933 bits per heavy atom. The first-order valence-electron chi connectivity index (χ1n) is 12.8. The van der Waals surface area contributed by atoms with E-state index in [2.05, 4.69) is 59.8 Å². The van der Waals surface area contributed by atoms with Gasteiger partial charge in [0.25, 0.3) is 0 Å². The van der Waals surface area contributed by atoms with Crippen LogP contribution < -0.4 is 0 Å². The Hall–Kier alpha value is -0.600. The van der Waals surface area contributed by atoms with Gasteiger partial charge in [0.15, 0.2) is 0 Å². The molecule has 0 saturated heterocycles. The van der Waals surface area contributed by atoms with Crippen molar-refractivity contribution in [3.05, 3.63) is 23.8 Å². The van der Waals surface area contributed by atoms with Gasteiger partial charge in [-0.3, -0.25) is 0 Å². The second-order valence-corrected chi connectivity index (χ2v) is 12.4. The predicted octanol–water partition coefficient (Wildman–Crippen LogP) is 6.38. The molecule has 0 spiro atoms. The molecular weight excluding hydrogens is 368 g/mol. The highest BCUT2D eigenvalue weighted by Crippen LogP contribution is 2.67. The van der Waals surface area contributed by atoms with Crippen LogP contribution >= 0.6 is 0 Å². The van der Waals surface area contributed by atoms with Crippen molar-refractivity contribution in [1.29, 1.82) is 0 Å². The average Bonchev–Trinajstić information content (AvgIpc) is 3.04. The summed E-state index contributed by atoms with van der Waals surface area (Å²) in [4.78, 5) is 0. The third-order valence-corrected chi connectivity index (χ3v) is 10.6. The molecule has 3 saturated carbocycles. The largest absolute Gasteiger partial charge is 0.393 e. The van der Waals surface area contributed by atoms with Gasteiger partial charge in [0, 0.05) is 0 Å². The molecule has 170 valence electrons. The molecule has 30 heavy (non-hydrogen) atoms. The number of aliphatic hydroxyl groups is 2. The van der Waals surface area contributed by atoms with Crippen molar-refractivity contribution in [2.24, 2.45) is 52.3 Å². The van der Waals surface area contributed by atoms with Crippen LogP contribution in [0.2, 0.25) is 0 Å². The van der Waals surface area contributed by atoms with Crippen LogP contribution in [0.4, 0.5) is 0 Å². The maximum atomic E-state index is 11.3. The standard InChI is InChI=1S/C28H46O2/c1-17(2)18(3)7-8-19(4)22-9-10-23-26-24(12-14-28(22,23)6)27(5)13-11-21(29)15-20(27)16-25(26)30/h7-8,16-19,21-26,29-30H,9-15H2,1-6H3/b8-7+/t18-,19-,21+,22-,23?,24?,25-,26?,27+,28-/m1/s1. The molecule has 10 atom stereocenters. The van der Waals surface area contributed by atoms with Crippen LogP contribution in [-0.2, 0) is 0 Å². The molecule has 4 rings (SSSR count). The Morgan fingerprint density at radius 2 is 1.67 bits per heavy atom. The van der Waals surface area contributed by atoms with E-state index in [4.69, 9.17) is 0 Å². The van der Waals surface area contributed by atoms with Gasteiger partial charge in [0.05, 0.1) is 12.2 Å². The summed E-state index contributed by atoms with van der Waals surface area (Å²) in [5, 5.41) is 21.5. The summed E-state index contributed by atoms with van der Waals surface area (Å²) in [6.07, 6.45) is 14.5. The van der Waals surface area contributed by atoms with E-state index in [0.29, 0.717) is 40.9 Å². The zero-order valence-electron chi connectivity index (χ0n) is 20.3. The van der Waals surface area contributed by atoms with Gasteiger partial charge < -0.3 is 10.2 Å². The number of hydrogen-bond donors (Lipinski definition) is 2. The van der Waals surface area contributed by atoms with Gasteiger partial charge in [-0.2, -0.15) is 0 Å². The van der Waals surface area contributed by atoms with Gasteiger partial charge >= 0.3 is 0 Å². The number of allylic oxidation sites excluding steroid dienone is 2. The second kappa shape index (κ2) is 8.07. The van der Waals surface area contributed by atoms with Crippen molar-refractivity contribution < 1.29 is 10.2 Å². The summed E-state index contributed by atoms with van der Waals surface area (Å²) in [5.41, 5.74) is 1.90.